The molecule has 6 heteroatoms. The second kappa shape index (κ2) is 5.83. The Hall–Kier alpha value is -0.550. The summed E-state index contributed by atoms with van der Waals surface area (Å²) < 4.78 is 5.44. The van der Waals surface area contributed by atoms with Gasteiger partial charge in [0, 0.05) is 6.54 Å². The number of benzene rings is 1. The first kappa shape index (κ1) is 14.9. The Balaban J connectivity index is 1.95. The van der Waals surface area contributed by atoms with Gasteiger partial charge in [-0.2, -0.15) is 0 Å². The van der Waals surface area contributed by atoms with E-state index in [0.29, 0.717) is 35.0 Å². The van der Waals surface area contributed by atoms with Crippen molar-refractivity contribution in [2.24, 2.45) is 0 Å². The largest absolute Gasteiger partial charge is 0.359 e. The molecular weight excluding hydrogens is 303 g/mol. The molecule has 0 spiro atoms. The van der Waals surface area contributed by atoms with E-state index >= 15 is 0 Å². The maximum atomic E-state index is 5.98. The van der Waals surface area contributed by atoms with Gasteiger partial charge in [0.15, 0.2) is 5.11 Å². The van der Waals surface area contributed by atoms with Crippen LogP contribution in [-0.4, -0.2) is 28.9 Å². The third kappa shape index (κ3) is 3.51. The van der Waals surface area contributed by atoms with Crippen LogP contribution in [0.5, 0.6) is 0 Å². The first-order valence-electron chi connectivity index (χ1n) is 5.97. The van der Waals surface area contributed by atoms with Crippen molar-refractivity contribution in [3.8, 4) is 0 Å². The van der Waals surface area contributed by atoms with Crippen molar-refractivity contribution in [1.29, 1.82) is 0 Å². The van der Waals surface area contributed by atoms with Crippen molar-refractivity contribution in [3.63, 3.8) is 0 Å². The normalized spacial score (nSPS) is 17.6. The summed E-state index contributed by atoms with van der Waals surface area (Å²) in [7, 11) is 0. The summed E-state index contributed by atoms with van der Waals surface area (Å²) in [6, 6.07) is 5.55. The molecule has 2 rings (SSSR count). The molecule has 0 radical (unpaired) electrons. The van der Waals surface area contributed by atoms with Crippen molar-refractivity contribution >= 4 is 40.5 Å². The summed E-state index contributed by atoms with van der Waals surface area (Å²) >= 11 is 17.3. The molecule has 0 unspecified atom stereocenters. The highest BCUT2D eigenvalue weighted by Crippen LogP contribution is 2.23. The molecule has 1 aliphatic heterocycles. The van der Waals surface area contributed by atoms with Gasteiger partial charge in [-0.25, -0.2) is 0 Å². The highest BCUT2D eigenvalue weighted by atomic mass is 35.5. The number of hydrogen-bond acceptors (Lipinski definition) is 2. The summed E-state index contributed by atoms with van der Waals surface area (Å²) in [5.74, 6) is 0. The van der Waals surface area contributed by atoms with E-state index in [0.717, 1.165) is 5.56 Å². The molecule has 0 aliphatic carbocycles. The molecule has 3 nitrogen and oxygen atoms in total. The number of hydrogen-bond donors (Lipinski definition) is 1. The van der Waals surface area contributed by atoms with E-state index in [4.69, 9.17) is 40.2 Å². The number of halogens is 2. The quantitative estimate of drug-likeness (QED) is 0.844. The van der Waals surface area contributed by atoms with Crippen LogP contribution in [-0.2, 0) is 11.3 Å². The lowest BCUT2D eigenvalue weighted by Crippen LogP contribution is -2.48. The third-order valence-corrected chi connectivity index (χ3v) is 4.18. The molecule has 0 saturated carbocycles. The first-order chi connectivity index (χ1) is 8.90. The molecule has 1 aliphatic rings. The first-order valence-corrected chi connectivity index (χ1v) is 7.14. The Bertz CT molecular complexity index is 494. The molecule has 1 aromatic carbocycles. The number of nitrogens with one attached hydrogen (secondary N) is 1. The Morgan fingerprint density at radius 1 is 1.42 bits per heavy atom. The van der Waals surface area contributed by atoms with Gasteiger partial charge in [0.2, 0.25) is 0 Å². The van der Waals surface area contributed by atoms with E-state index < -0.39 is 0 Å². The predicted molar refractivity (Wildman–Crippen MR) is 82.6 cm³/mol. The molecule has 0 atom stereocenters. The fraction of sp³-hybridized carbons (Fsp3) is 0.462. The zero-order chi connectivity index (χ0) is 14.0. The molecule has 1 aromatic rings. The lowest BCUT2D eigenvalue weighted by Gasteiger charge is -2.31. The smallest absolute Gasteiger partial charge is 0.171 e. The van der Waals surface area contributed by atoms with Crippen LogP contribution >= 0.6 is 35.4 Å². The van der Waals surface area contributed by atoms with Crippen molar-refractivity contribution < 1.29 is 4.74 Å². The molecule has 1 saturated heterocycles. The van der Waals surface area contributed by atoms with Crippen molar-refractivity contribution in [1.82, 2.24) is 10.2 Å². The standard InChI is InChI=1S/C13H16Cl2N2OS/c1-13(2)7-18-8-17(13)12(19)16-6-9-3-4-10(14)11(15)5-9/h3-5H,6-8H2,1-2H3,(H,16,19). The van der Waals surface area contributed by atoms with Gasteiger partial charge in [-0.1, -0.05) is 29.3 Å². The lowest BCUT2D eigenvalue weighted by molar-refractivity contribution is 0.168. The van der Waals surface area contributed by atoms with E-state index in [9.17, 15) is 0 Å². The monoisotopic (exact) mass is 318 g/mol. The topological polar surface area (TPSA) is 24.5 Å². The van der Waals surface area contributed by atoms with Gasteiger partial charge >= 0.3 is 0 Å². The average molecular weight is 319 g/mol. The highest BCUT2D eigenvalue weighted by molar-refractivity contribution is 7.80. The molecular formula is C13H16Cl2N2OS. The zero-order valence-electron chi connectivity index (χ0n) is 10.9. The van der Waals surface area contributed by atoms with Crippen molar-refractivity contribution in [2.45, 2.75) is 25.9 Å². The van der Waals surface area contributed by atoms with Crippen LogP contribution < -0.4 is 5.32 Å². The minimum atomic E-state index is -0.0677. The zero-order valence-corrected chi connectivity index (χ0v) is 13.2. The number of rotatable bonds is 2. The number of nitrogens with zero attached hydrogens (tertiary/aromatic N) is 1. The second-order valence-electron chi connectivity index (χ2n) is 5.13. The summed E-state index contributed by atoms with van der Waals surface area (Å²) in [5, 5.41) is 5.02. The third-order valence-electron chi connectivity index (χ3n) is 3.08. The van der Waals surface area contributed by atoms with E-state index in [1.54, 1.807) is 6.07 Å². The van der Waals surface area contributed by atoms with Crippen LogP contribution in [0.1, 0.15) is 19.4 Å². The molecule has 1 N–H and O–H groups in total. The van der Waals surface area contributed by atoms with Crippen LogP contribution in [0.3, 0.4) is 0 Å². The van der Waals surface area contributed by atoms with Crippen LogP contribution in [0, 0.1) is 0 Å². The van der Waals surface area contributed by atoms with E-state index in [-0.39, 0.29) is 5.54 Å². The molecule has 0 amide bonds. The van der Waals surface area contributed by atoms with Gasteiger partial charge < -0.3 is 15.0 Å². The molecule has 104 valence electrons. The van der Waals surface area contributed by atoms with Crippen molar-refractivity contribution in [3.05, 3.63) is 33.8 Å². The van der Waals surface area contributed by atoms with Crippen LogP contribution in [0.4, 0.5) is 0 Å². The maximum absolute atomic E-state index is 5.98. The highest BCUT2D eigenvalue weighted by Gasteiger charge is 2.34. The van der Waals surface area contributed by atoms with Crippen LogP contribution in [0.25, 0.3) is 0 Å². The van der Waals surface area contributed by atoms with Gasteiger partial charge in [-0.15, -0.1) is 0 Å². The predicted octanol–water partition coefficient (Wildman–Crippen LogP) is 3.44. The summed E-state index contributed by atoms with van der Waals surface area (Å²) in [6.07, 6.45) is 0. The Labute approximate surface area is 128 Å². The van der Waals surface area contributed by atoms with Gasteiger partial charge in [0.05, 0.1) is 22.2 Å². The summed E-state index contributed by atoms with van der Waals surface area (Å²) in [5.41, 5.74) is 0.969. The Morgan fingerprint density at radius 2 is 2.16 bits per heavy atom. The fourth-order valence-electron chi connectivity index (χ4n) is 1.90. The van der Waals surface area contributed by atoms with E-state index in [1.807, 2.05) is 17.0 Å². The minimum absolute atomic E-state index is 0.0677. The van der Waals surface area contributed by atoms with Gasteiger partial charge in [-0.05, 0) is 43.8 Å². The fourth-order valence-corrected chi connectivity index (χ4v) is 2.59. The summed E-state index contributed by atoms with van der Waals surface area (Å²) in [6.45, 7) is 6.03. The lowest BCUT2D eigenvalue weighted by atomic mass is 10.1. The van der Waals surface area contributed by atoms with Gasteiger partial charge in [-0.3, -0.25) is 0 Å². The second-order valence-corrected chi connectivity index (χ2v) is 6.33. The molecule has 1 heterocycles. The SMILES string of the molecule is CC1(C)COCN1C(=S)NCc1ccc(Cl)c(Cl)c1. The minimum Gasteiger partial charge on any atom is -0.359 e. The van der Waals surface area contributed by atoms with Gasteiger partial charge in [0.25, 0.3) is 0 Å². The van der Waals surface area contributed by atoms with Crippen LogP contribution in [0.15, 0.2) is 18.2 Å². The molecule has 0 bridgehead atoms. The Kier molecular flexibility index (Phi) is 4.56. The maximum Gasteiger partial charge on any atom is 0.171 e. The van der Waals surface area contributed by atoms with E-state index in [2.05, 4.69) is 19.2 Å². The number of ether oxygens (including phenoxy) is 1. The number of thiocarbonyl (C=S) groups is 1. The van der Waals surface area contributed by atoms with E-state index in [1.165, 1.54) is 0 Å². The molecule has 1 fully saturated rings. The van der Waals surface area contributed by atoms with Crippen LogP contribution in [0.2, 0.25) is 10.0 Å². The molecule has 0 aromatic heterocycles. The van der Waals surface area contributed by atoms with Gasteiger partial charge in [0.1, 0.15) is 6.73 Å². The Morgan fingerprint density at radius 3 is 2.74 bits per heavy atom. The summed E-state index contributed by atoms with van der Waals surface area (Å²) in [4.78, 5) is 2.04. The molecule has 19 heavy (non-hydrogen) atoms. The average Bonchev–Trinajstić information content (AvgIpc) is 2.70. The van der Waals surface area contributed by atoms with Crippen molar-refractivity contribution in [2.75, 3.05) is 13.3 Å².